The molecule has 0 unspecified atom stereocenters. The van der Waals surface area contributed by atoms with Gasteiger partial charge < -0.3 is 10.2 Å². The summed E-state index contributed by atoms with van der Waals surface area (Å²) in [6.45, 7) is 0.651. The topological polar surface area (TPSA) is 118 Å². The van der Waals surface area contributed by atoms with Gasteiger partial charge in [0.1, 0.15) is 5.25 Å². The first kappa shape index (κ1) is 15.5. The van der Waals surface area contributed by atoms with E-state index in [-0.39, 0.29) is 17.0 Å². The van der Waals surface area contributed by atoms with Crippen LogP contribution in [0.25, 0.3) is 0 Å². The van der Waals surface area contributed by atoms with E-state index in [4.69, 9.17) is 5.11 Å². The highest BCUT2D eigenvalue weighted by Gasteiger charge is 2.32. The van der Waals surface area contributed by atoms with Gasteiger partial charge in [0.15, 0.2) is 9.84 Å². The summed E-state index contributed by atoms with van der Waals surface area (Å²) in [6, 6.07) is 5.06. The van der Waals surface area contributed by atoms with Gasteiger partial charge in [0, 0.05) is 17.9 Å². The Morgan fingerprint density at radius 1 is 1.42 bits per heavy atom. The third kappa shape index (κ3) is 3.49. The number of sulfone groups is 1. The minimum Gasteiger partial charge on any atom is -0.395 e. The third-order valence-electron chi connectivity index (χ3n) is 2.82. The van der Waals surface area contributed by atoms with Crippen LogP contribution >= 0.6 is 0 Å². The summed E-state index contributed by atoms with van der Waals surface area (Å²) in [5, 5.41) is 28.4. The van der Waals surface area contributed by atoms with E-state index in [1.165, 1.54) is 25.1 Å². The van der Waals surface area contributed by atoms with E-state index in [0.717, 1.165) is 6.07 Å². The van der Waals surface area contributed by atoms with Crippen LogP contribution in [0.1, 0.15) is 18.6 Å². The Hall–Kier alpha value is -1.51. The third-order valence-corrected chi connectivity index (χ3v) is 4.95. The van der Waals surface area contributed by atoms with Gasteiger partial charge in [-0.2, -0.15) is 0 Å². The number of aliphatic hydroxyl groups excluding tert-OH is 2. The standard InChI is InChI=1S/C11H15NO6S/c1-2-19(17,18)10(7-13)11(14)8-4-3-5-9(6-8)12(15)16/h3-6,10-11,13-14H,2,7H2,1H3/t10-,11-/m1/s1. The SMILES string of the molecule is CCS(=O)(=O)[C@H](CO)[C@H](O)c1cccc([N+](=O)[O-])c1. The highest BCUT2D eigenvalue weighted by Crippen LogP contribution is 2.25. The second-order valence-corrected chi connectivity index (χ2v) is 6.48. The molecule has 7 nitrogen and oxygen atoms in total. The van der Waals surface area contributed by atoms with Crippen LogP contribution in [0.3, 0.4) is 0 Å². The molecule has 1 aromatic carbocycles. The molecule has 0 aliphatic rings. The average Bonchev–Trinajstić information content (AvgIpc) is 2.39. The molecular formula is C11H15NO6S. The van der Waals surface area contributed by atoms with Crippen LogP contribution in [0.5, 0.6) is 0 Å². The lowest BCUT2D eigenvalue weighted by Gasteiger charge is -2.20. The number of hydrogen-bond donors (Lipinski definition) is 2. The molecule has 0 aliphatic carbocycles. The minimum atomic E-state index is -3.66. The van der Waals surface area contributed by atoms with Crippen molar-refractivity contribution >= 4 is 15.5 Å². The van der Waals surface area contributed by atoms with Crippen molar-refractivity contribution in [3.63, 3.8) is 0 Å². The molecule has 1 aromatic rings. The van der Waals surface area contributed by atoms with Crippen molar-refractivity contribution in [3.05, 3.63) is 39.9 Å². The zero-order chi connectivity index (χ0) is 14.6. The molecule has 2 N–H and O–H groups in total. The number of nitro benzene ring substituents is 1. The van der Waals surface area contributed by atoms with Crippen molar-refractivity contribution in [2.24, 2.45) is 0 Å². The van der Waals surface area contributed by atoms with E-state index < -0.39 is 32.7 Å². The minimum absolute atomic E-state index is 0.0882. The molecule has 0 aliphatic heterocycles. The van der Waals surface area contributed by atoms with Crippen LogP contribution in [-0.2, 0) is 9.84 Å². The number of nitrogens with zero attached hydrogens (tertiary/aromatic N) is 1. The van der Waals surface area contributed by atoms with E-state index in [2.05, 4.69) is 0 Å². The number of aliphatic hydroxyl groups is 2. The largest absolute Gasteiger partial charge is 0.395 e. The Kier molecular flexibility index (Phi) is 4.98. The van der Waals surface area contributed by atoms with Gasteiger partial charge in [-0.25, -0.2) is 8.42 Å². The van der Waals surface area contributed by atoms with E-state index in [1.807, 2.05) is 0 Å². The lowest BCUT2D eigenvalue weighted by molar-refractivity contribution is -0.385. The molecule has 106 valence electrons. The second-order valence-electron chi connectivity index (χ2n) is 3.97. The summed E-state index contributed by atoms with van der Waals surface area (Å²) < 4.78 is 23.4. The fourth-order valence-electron chi connectivity index (χ4n) is 1.66. The number of non-ortho nitro benzene ring substituents is 1. The Balaban J connectivity index is 3.14. The van der Waals surface area contributed by atoms with Gasteiger partial charge in [-0.1, -0.05) is 19.1 Å². The Morgan fingerprint density at radius 3 is 2.53 bits per heavy atom. The summed E-state index contributed by atoms with van der Waals surface area (Å²) in [7, 11) is -3.66. The maximum Gasteiger partial charge on any atom is 0.269 e. The van der Waals surface area contributed by atoms with Gasteiger partial charge in [0.25, 0.3) is 5.69 Å². The molecular weight excluding hydrogens is 274 g/mol. The van der Waals surface area contributed by atoms with E-state index >= 15 is 0 Å². The van der Waals surface area contributed by atoms with Crippen LogP contribution in [0, 0.1) is 10.1 Å². The van der Waals surface area contributed by atoms with Crippen molar-refractivity contribution < 1.29 is 23.6 Å². The van der Waals surface area contributed by atoms with E-state index in [1.54, 1.807) is 0 Å². The highest BCUT2D eigenvalue weighted by atomic mass is 32.2. The van der Waals surface area contributed by atoms with Crippen LogP contribution in [0.15, 0.2) is 24.3 Å². The Morgan fingerprint density at radius 2 is 2.05 bits per heavy atom. The summed E-state index contributed by atoms with van der Waals surface area (Å²) >= 11 is 0. The van der Waals surface area contributed by atoms with Gasteiger partial charge in [0.2, 0.25) is 0 Å². The molecule has 0 saturated carbocycles. The molecule has 0 heterocycles. The summed E-state index contributed by atoms with van der Waals surface area (Å²) in [5.74, 6) is -0.232. The zero-order valence-corrected chi connectivity index (χ0v) is 11.1. The number of hydrogen-bond acceptors (Lipinski definition) is 6. The van der Waals surface area contributed by atoms with Crippen molar-refractivity contribution in [2.45, 2.75) is 18.3 Å². The Labute approximate surface area is 110 Å². The normalized spacial score (nSPS) is 14.9. The highest BCUT2D eigenvalue weighted by molar-refractivity contribution is 7.92. The molecule has 0 aromatic heterocycles. The van der Waals surface area contributed by atoms with Crippen LogP contribution in [0.2, 0.25) is 0 Å². The molecule has 0 radical (unpaired) electrons. The second kappa shape index (κ2) is 6.09. The smallest absolute Gasteiger partial charge is 0.269 e. The van der Waals surface area contributed by atoms with Gasteiger partial charge in [-0.3, -0.25) is 10.1 Å². The molecule has 1 rings (SSSR count). The fraction of sp³-hybridized carbons (Fsp3) is 0.455. The molecule has 19 heavy (non-hydrogen) atoms. The molecule has 0 bridgehead atoms. The first-order chi connectivity index (χ1) is 8.83. The first-order valence-corrected chi connectivity index (χ1v) is 7.30. The first-order valence-electron chi connectivity index (χ1n) is 5.58. The zero-order valence-electron chi connectivity index (χ0n) is 10.3. The van der Waals surface area contributed by atoms with Crippen molar-refractivity contribution in [3.8, 4) is 0 Å². The maximum atomic E-state index is 11.7. The predicted octanol–water partition coefficient (Wildman–Crippen LogP) is 0.424. The molecule has 0 fully saturated rings. The van der Waals surface area contributed by atoms with Gasteiger partial charge in [-0.05, 0) is 5.56 Å². The van der Waals surface area contributed by atoms with Crippen LogP contribution in [0.4, 0.5) is 5.69 Å². The van der Waals surface area contributed by atoms with Crippen molar-refractivity contribution in [1.82, 2.24) is 0 Å². The van der Waals surface area contributed by atoms with Gasteiger partial charge >= 0.3 is 0 Å². The van der Waals surface area contributed by atoms with Crippen molar-refractivity contribution in [1.29, 1.82) is 0 Å². The monoisotopic (exact) mass is 289 g/mol. The maximum absolute atomic E-state index is 11.7. The van der Waals surface area contributed by atoms with Crippen molar-refractivity contribution in [2.75, 3.05) is 12.4 Å². The molecule has 0 amide bonds. The quantitative estimate of drug-likeness (QED) is 0.579. The van der Waals surface area contributed by atoms with E-state index in [9.17, 15) is 23.6 Å². The Bertz CT molecular complexity index is 556. The summed E-state index contributed by atoms with van der Waals surface area (Å²) in [5.41, 5.74) is -0.160. The van der Waals surface area contributed by atoms with Gasteiger partial charge in [-0.15, -0.1) is 0 Å². The molecule has 0 saturated heterocycles. The van der Waals surface area contributed by atoms with Crippen LogP contribution < -0.4 is 0 Å². The molecule has 0 spiro atoms. The summed E-state index contributed by atoms with van der Waals surface area (Å²) in [6.07, 6.45) is -1.50. The lowest BCUT2D eigenvalue weighted by atomic mass is 10.1. The van der Waals surface area contributed by atoms with E-state index in [0.29, 0.717) is 0 Å². The predicted molar refractivity (Wildman–Crippen MR) is 68.4 cm³/mol. The number of benzene rings is 1. The number of rotatable bonds is 6. The lowest BCUT2D eigenvalue weighted by Crippen LogP contribution is -2.33. The summed E-state index contributed by atoms with van der Waals surface area (Å²) in [4.78, 5) is 9.98. The average molecular weight is 289 g/mol. The van der Waals surface area contributed by atoms with Gasteiger partial charge in [0.05, 0.1) is 17.6 Å². The molecule has 2 atom stereocenters. The fourth-order valence-corrected chi connectivity index (χ4v) is 2.87. The number of nitro groups is 1. The molecule has 8 heteroatoms. The van der Waals surface area contributed by atoms with Crippen LogP contribution in [-0.4, -0.2) is 41.2 Å².